The Bertz CT molecular complexity index is 949. The molecule has 0 saturated heterocycles. The predicted molar refractivity (Wildman–Crippen MR) is 247 cm³/mol. The summed E-state index contributed by atoms with van der Waals surface area (Å²) in [5.41, 5.74) is -0.377. The topological polar surface area (TPSA) is 127 Å². The lowest BCUT2D eigenvalue weighted by atomic mass is 9.81. The molecule has 0 saturated carbocycles. The number of aliphatic carboxylic acids is 2. The van der Waals surface area contributed by atoms with Crippen LogP contribution in [0.25, 0.3) is 0 Å². The highest BCUT2D eigenvalue weighted by Crippen LogP contribution is 2.35. The van der Waals surface area contributed by atoms with Gasteiger partial charge in [-0.3, -0.25) is 19.2 Å². The highest BCUT2D eigenvalue weighted by Gasteiger charge is 2.35. The summed E-state index contributed by atoms with van der Waals surface area (Å²) in [4.78, 5) is 46.9. The Hall–Kier alpha value is -2.12. The standard InChI is InChI=1S/C42H82O4.C9H16O4/c1-6-10-14-18-20-22-24-26-28-32-40(43)45-37-34-39(5)38-42(35-30-16-12-8-3,36-31-17-13-9-4)46-41(44)33-29-27-25-23-21-19-15-11-7-2;1-3-6(8(10)11)5-7(4-2)9(12)13/h39H,6-38H2,1-5H3;6-7H,3-5H2,1-2H3,(H,10,11)(H,12,13). The molecule has 0 amide bonds. The minimum atomic E-state index is -0.901. The van der Waals surface area contributed by atoms with Crippen LogP contribution in [0, 0.1) is 17.8 Å². The molecule has 0 aliphatic heterocycles. The van der Waals surface area contributed by atoms with Crippen molar-refractivity contribution in [1.29, 1.82) is 0 Å². The number of carbonyl (C=O) groups is 4. The first-order chi connectivity index (χ1) is 28.4. The van der Waals surface area contributed by atoms with Crippen molar-refractivity contribution in [2.45, 2.75) is 279 Å². The van der Waals surface area contributed by atoms with Gasteiger partial charge in [0, 0.05) is 12.8 Å². The van der Waals surface area contributed by atoms with E-state index >= 15 is 0 Å². The van der Waals surface area contributed by atoms with Crippen molar-refractivity contribution in [2.75, 3.05) is 6.61 Å². The molecule has 0 fully saturated rings. The number of rotatable bonds is 42. The van der Waals surface area contributed by atoms with Crippen LogP contribution in [0.4, 0.5) is 0 Å². The molecule has 0 aliphatic carbocycles. The van der Waals surface area contributed by atoms with Crippen molar-refractivity contribution in [1.82, 2.24) is 0 Å². The summed E-state index contributed by atoms with van der Waals surface area (Å²) in [6, 6.07) is 0. The summed E-state index contributed by atoms with van der Waals surface area (Å²) in [5, 5.41) is 17.4. The molecule has 3 unspecified atom stereocenters. The van der Waals surface area contributed by atoms with Gasteiger partial charge in [-0.05, 0) is 76.5 Å². The number of carbonyl (C=O) groups excluding carboxylic acids is 2. The summed E-state index contributed by atoms with van der Waals surface area (Å²) >= 11 is 0. The highest BCUT2D eigenvalue weighted by molar-refractivity contribution is 5.73. The first-order valence-corrected chi connectivity index (χ1v) is 25.3. The van der Waals surface area contributed by atoms with E-state index in [-0.39, 0.29) is 24.0 Å². The van der Waals surface area contributed by atoms with Crippen molar-refractivity contribution in [3.8, 4) is 0 Å². The zero-order chi connectivity index (χ0) is 44.4. The van der Waals surface area contributed by atoms with Gasteiger partial charge in [0.1, 0.15) is 5.60 Å². The monoisotopic (exact) mass is 839 g/mol. The molecule has 0 aromatic rings. The first kappa shape index (κ1) is 59.0. The highest BCUT2D eigenvalue weighted by atomic mass is 16.6. The van der Waals surface area contributed by atoms with E-state index in [1.165, 1.54) is 128 Å². The molecular formula is C51H98O8. The van der Waals surface area contributed by atoms with Crippen LogP contribution < -0.4 is 0 Å². The Morgan fingerprint density at radius 1 is 0.475 bits per heavy atom. The van der Waals surface area contributed by atoms with E-state index in [0.717, 1.165) is 64.2 Å². The van der Waals surface area contributed by atoms with Crippen LogP contribution in [0.5, 0.6) is 0 Å². The number of ether oxygens (including phenoxy) is 2. The van der Waals surface area contributed by atoms with Gasteiger partial charge >= 0.3 is 23.9 Å². The number of hydrogen-bond donors (Lipinski definition) is 2. The molecule has 2 N–H and O–H groups in total. The van der Waals surface area contributed by atoms with Gasteiger partial charge in [0.25, 0.3) is 0 Å². The summed E-state index contributed by atoms with van der Waals surface area (Å²) in [6.07, 6.45) is 38.1. The summed E-state index contributed by atoms with van der Waals surface area (Å²) in [7, 11) is 0. The van der Waals surface area contributed by atoms with Crippen LogP contribution in [-0.2, 0) is 28.7 Å². The van der Waals surface area contributed by atoms with E-state index in [1.807, 2.05) is 0 Å². The average Bonchev–Trinajstić information content (AvgIpc) is 3.20. The third-order valence-electron chi connectivity index (χ3n) is 12.1. The molecule has 350 valence electrons. The molecule has 8 nitrogen and oxygen atoms in total. The maximum absolute atomic E-state index is 13.3. The Balaban J connectivity index is 0. The second kappa shape index (κ2) is 42.6. The zero-order valence-electron chi connectivity index (χ0n) is 40.0. The molecule has 59 heavy (non-hydrogen) atoms. The van der Waals surface area contributed by atoms with Crippen molar-refractivity contribution in [3.63, 3.8) is 0 Å². The lowest BCUT2D eigenvalue weighted by Gasteiger charge is -2.36. The van der Waals surface area contributed by atoms with Crippen LogP contribution in [0.15, 0.2) is 0 Å². The van der Waals surface area contributed by atoms with E-state index < -0.39 is 23.8 Å². The molecule has 0 bridgehead atoms. The van der Waals surface area contributed by atoms with Crippen LogP contribution in [-0.4, -0.2) is 46.3 Å². The maximum Gasteiger partial charge on any atom is 0.306 e. The van der Waals surface area contributed by atoms with Crippen LogP contribution in [0.3, 0.4) is 0 Å². The second-order valence-corrected chi connectivity index (χ2v) is 17.9. The molecule has 0 heterocycles. The van der Waals surface area contributed by atoms with Gasteiger partial charge in [-0.1, -0.05) is 190 Å². The van der Waals surface area contributed by atoms with Crippen molar-refractivity contribution in [2.24, 2.45) is 17.8 Å². The normalized spacial score (nSPS) is 12.9. The average molecular weight is 839 g/mol. The minimum absolute atomic E-state index is 0.00789. The minimum Gasteiger partial charge on any atom is -0.481 e. The van der Waals surface area contributed by atoms with E-state index in [9.17, 15) is 19.2 Å². The summed E-state index contributed by atoms with van der Waals surface area (Å²) < 4.78 is 12.2. The Labute approximate surface area is 364 Å². The smallest absolute Gasteiger partial charge is 0.306 e. The number of carboxylic acid groups (broad SMARTS) is 2. The molecule has 0 spiro atoms. The van der Waals surface area contributed by atoms with Crippen LogP contribution >= 0.6 is 0 Å². The van der Waals surface area contributed by atoms with E-state index in [2.05, 4.69) is 34.6 Å². The summed E-state index contributed by atoms with van der Waals surface area (Å²) in [5.74, 6) is -2.55. The zero-order valence-corrected chi connectivity index (χ0v) is 40.0. The van der Waals surface area contributed by atoms with Gasteiger partial charge in [-0.2, -0.15) is 0 Å². The fourth-order valence-electron chi connectivity index (χ4n) is 8.08. The molecular weight excluding hydrogens is 741 g/mol. The molecule has 0 radical (unpaired) electrons. The predicted octanol–water partition coefficient (Wildman–Crippen LogP) is 15.6. The molecule has 0 rings (SSSR count). The number of unbranched alkanes of at least 4 members (excludes halogenated alkanes) is 22. The lowest BCUT2D eigenvalue weighted by molar-refractivity contribution is -0.164. The SMILES string of the molecule is CCC(CC(CC)C(=O)O)C(=O)O.CCCCCCCCCCCC(=O)OCCC(C)CC(CCCCCC)(CCCCCC)OC(=O)CCCCCCCCCCC. The third kappa shape index (κ3) is 37.4. The molecule has 3 atom stereocenters. The van der Waals surface area contributed by atoms with Crippen molar-refractivity contribution >= 4 is 23.9 Å². The molecule has 0 aliphatic rings. The molecule has 8 heteroatoms. The quantitative estimate of drug-likeness (QED) is 0.0459. The fraction of sp³-hybridized carbons (Fsp3) is 0.922. The number of esters is 2. The van der Waals surface area contributed by atoms with Crippen LogP contribution in [0.2, 0.25) is 0 Å². The number of hydrogen-bond acceptors (Lipinski definition) is 6. The van der Waals surface area contributed by atoms with Gasteiger partial charge in [-0.15, -0.1) is 0 Å². The van der Waals surface area contributed by atoms with Gasteiger partial charge in [0.2, 0.25) is 0 Å². The maximum atomic E-state index is 13.3. The van der Waals surface area contributed by atoms with Crippen LogP contribution in [0.1, 0.15) is 273 Å². The van der Waals surface area contributed by atoms with E-state index in [1.54, 1.807) is 13.8 Å². The van der Waals surface area contributed by atoms with Gasteiger partial charge in [0.15, 0.2) is 0 Å². The van der Waals surface area contributed by atoms with Gasteiger partial charge < -0.3 is 19.7 Å². The van der Waals surface area contributed by atoms with Gasteiger partial charge in [0.05, 0.1) is 18.4 Å². The van der Waals surface area contributed by atoms with E-state index in [4.69, 9.17) is 19.7 Å². The second-order valence-electron chi connectivity index (χ2n) is 17.9. The largest absolute Gasteiger partial charge is 0.481 e. The van der Waals surface area contributed by atoms with Gasteiger partial charge in [-0.25, -0.2) is 0 Å². The number of carboxylic acids is 2. The Morgan fingerprint density at radius 2 is 0.814 bits per heavy atom. The molecule has 0 aromatic carbocycles. The Morgan fingerprint density at radius 3 is 1.17 bits per heavy atom. The van der Waals surface area contributed by atoms with Crippen molar-refractivity contribution < 1.29 is 38.9 Å². The van der Waals surface area contributed by atoms with E-state index in [0.29, 0.717) is 38.2 Å². The van der Waals surface area contributed by atoms with Crippen molar-refractivity contribution in [3.05, 3.63) is 0 Å². The third-order valence-corrected chi connectivity index (χ3v) is 12.1. The molecule has 0 aromatic heterocycles. The Kier molecular flexibility index (Phi) is 42.5. The lowest BCUT2D eigenvalue weighted by Crippen LogP contribution is -2.37. The first-order valence-electron chi connectivity index (χ1n) is 25.3. The summed E-state index contributed by atoms with van der Waals surface area (Å²) in [6.45, 7) is 15.3. The fourth-order valence-corrected chi connectivity index (χ4v) is 8.08.